The minimum Gasteiger partial charge on any atom is -0.377 e. The van der Waals surface area contributed by atoms with E-state index in [1.54, 1.807) is 0 Å². The van der Waals surface area contributed by atoms with Crippen LogP contribution in [0.25, 0.3) is 0 Å². The van der Waals surface area contributed by atoms with E-state index in [9.17, 15) is 4.79 Å². The predicted molar refractivity (Wildman–Crippen MR) is 113 cm³/mol. The van der Waals surface area contributed by atoms with Gasteiger partial charge in [-0.2, -0.15) is 0 Å². The zero-order valence-corrected chi connectivity index (χ0v) is 17.8. The van der Waals surface area contributed by atoms with Crippen molar-refractivity contribution in [2.75, 3.05) is 53.4 Å². The molecular formula is C23H35N3O3. The maximum Gasteiger partial charge on any atom is 0.234 e. The van der Waals surface area contributed by atoms with E-state index in [0.717, 1.165) is 45.6 Å². The number of ether oxygens (including phenoxy) is 2. The van der Waals surface area contributed by atoms with Gasteiger partial charge in [0.25, 0.3) is 0 Å². The lowest BCUT2D eigenvalue weighted by atomic mass is 9.73. The second-order valence-electron chi connectivity index (χ2n) is 9.20. The number of carbonyl (C=O) groups excluding carboxylic acids is 1. The molecule has 4 atom stereocenters. The Balaban J connectivity index is 1.20. The molecule has 1 aromatic rings. The van der Waals surface area contributed by atoms with Crippen molar-refractivity contribution in [2.45, 2.75) is 37.6 Å². The Hall–Kier alpha value is -1.47. The lowest BCUT2D eigenvalue weighted by Gasteiger charge is -2.29. The second-order valence-corrected chi connectivity index (χ2v) is 9.20. The quantitative estimate of drug-likeness (QED) is 0.606. The largest absolute Gasteiger partial charge is 0.377 e. The van der Waals surface area contributed by atoms with Crippen LogP contribution in [0.4, 0.5) is 0 Å². The lowest BCUT2D eigenvalue weighted by molar-refractivity contribution is -0.122. The highest BCUT2D eigenvalue weighted by Gasteiger charge is 2.62. The molecule has 2 bridgehead atoms. The van der Waals surface area contributed by atoms with Gasteiger partial charge >= 0.3 is 0 Å². The van der Waals surface area contributed by atoms with Gasteiger partial charge in [-0.15, -0.1) is 0 Å². The Labute approximate surface area is 174 Å². The van der Waals surface area contributed by atoms with Crippen molar-refractivity contribution in [3.63, 3.8) is 0 Å². The van der Waals surface area contributed by atoms with Gasteiger partial charge in [-0.05, 0) is 38.9 Å². The number of hydrogen-bond acceptors (Lipinski definition) is 5. The van der Waals surface area contributed by atoms with E-state index in [1.807, 2.05) is 25.1 Å². The summed E-state index contributed by atoms with van der Waals surface area (Å²) in [5.74, 6) is 1.11. The van der Waals surface area contributed by atoms with E-state index < -0.39 is 0 Å². The zero-order valence-electron chi connectivity index (χ0n) is 17.8. The Morgan fingerprint density at radius 3 is 2.97 bits per heavy atom. The Morgan fingerprint density at radius 2 is 2.17 bits per heavy atom. The van der Waals surface area contributed by atoms with Gasteiger partial charge in [0.15, 0.2) is 0 Å². The number of fused-ring (bicyclic) bond motifs is 1. The standard InChI is InChI=1S/C23H35N3O3/c1-25(2)15-22(27)24-13-19-20-14-26(17-23(20)10-9-21(19)29-23)11-6-12-28-16-18-7-4-3-5-8-18/h3-5,7-8,19-21H,6,9-17H2,1-2H3,(H,24,27)/t19-,20+,21+,23+/m0/s1. The molecule has 0 aliphatic carbocycles. The highest BCUT2D eigenvalue weighted by atomic mass is 16.5. The van der Waals surface area contributed by atoms with Crippen molar-refractivity contribution in [1.82, 2.24) is 15.1 Å². The fourth-order valence-electron chi connectivity index (χ4n) is 5.46. The number of carbonyl (C=O) groups is 1. The molecule has 1 aromatic carbocycles. The Kier molecular flexibility index (Phi) is 6.54. The molecule has 29 heavy (non-hydrogen) atoms. The summed E-state index contributed by atoms with van der Waals surface area (Å²) < 4.78 is 12.3. The van der Waals surface area contributed by atoms with E-state index >= 15 is 0 Å². The van der Waals surface area contributed by atoms with Crippen LogP contribution in [0.5, 0.6) is 0 Å². The van der Waals surface area contributed by atoms with Gasteiger partial charge in [0.1, 0.15) is 0 Å². The number of benzene rings is 1. The summed E-state index contributed by atoms with van der Waals surface area (Å²) in [5.41, 5.74) is 1.26. The van der Waals surface area contributed by atoms with Crippen molar-refractivity contribution in [1.29, 1.82) is 0 Å². The second kappa shape index (κ2) is 9.13. The topological polar surface area (TPSA) is 54.0 Å². The molecular weight excluding hydrogens is 366 g/mol. The molecule has 160 valence electrons. The molecule has 3 aliphatic heterocycles. The van der Waals surface area contributed by atoms with Crippen molar-refractivity contribution in [3.05, 3.63) is 35.9 Å². The molecule has 0 aromatic heterocycles. The van der Waals surface area contributed by atoms with Crippen LogP contribution in [0.2, 0.25) is 0 Å². The van der Waals surface area contributed by atoms with Crippen LogP contribution >= 0.6 is 0 Å². The third kappa shape index (κ3) is 4.82. The van der Waals surface area contributed by atoms with Gasteiger partial charge in [-0.1, -0.05) is 30.3 Å². The molecule has 0 unspecified atom stereocenters. The average Bonchev–Trinajstić information content (AvgIpc) is 3.34. The summed E-state index contributed by atoms with van der Waals surface area (Å²) in [6.07, 6.45) is 3.68. The van der Waals surface area contributed by atoms with E-state index in [4.69, 9.17) is 9.47 Å². The number of nitrogens with zero attached hydrogens (tertiary/aromatic N) is 2. The fraction of sp³-hybridized carbons (Fsp3) is 0.696. The van der Waals surface area contributed by atoms with Crippen molar-refractivity contribution in [2.24, 2.45) is 11.8 Å². The number of amides is 1. The normalized spacial score (nSPS) is 30.8. The summed E-state index contributed by atoms with van der Waals surface area (Å²) in [4.78, 5) is 16.5. The predicted octanol–water partition coefficient (Wildman–Crippen LogP) is 1.75. The van der Waals surface area contributed by atoms with Crippen LogP contribution in [0.15, 0.2) is 30.3 Å². The molecule has 6 nitrogen and oxygen atoms in total. The number of likely N-dealkylation sites (tertiary alicyclic amines) is 1. The maximum absolute atomic E-state index is 12.1. The zero-order chi connectivity index (χ0) is 20.3. The molecule has 3 heterocycles. The molecule has 6 heteroatoms. The highest BCUT2D eigenvalue weighted by molar-refractivity contribution is 5.77. The van der Waals surface area contributed by atoms with Crippen molar-refractivity contribution in [3.8, 4) is 0 Å². The van der Waals surface area contributed by atoms with Crippen molar-refractivity contribution >= 4 is 5.91 Å². The summed E-state index contributed by atoms with van der Waals surface area (Å²) in [6, 6.07) is 10.3. The number of rotatable bonds is 10. The van der Waals surface area contributed by atoms with Crippen LogP contribution in [0, 0.1) is 11.8 Å². The molecule has 3 fully saturated rings. The lowest BCUT2D eigenvalue weighted by Crippen LogP contribution is -2.43. The van der Waals surface area contributed by atoms with Crippen LogP contribution in [0.1, 0.15) is 24.8 Å². The molecule has 1 spiro atoms. The number of likely N-dealkylation sites (N-methyl/N-ethyl adjacent to an activating group) is 1. The van der Waals surface area contributed by atoms with Crippen LogP contribution < -0.4 is 5.32 Å². The van der Waals surface area contributed by atoms with Crippen LogP contribution in [0.3, 0.4) is 0 Å². The van der Waals surface area contributed by atoms with Gasteiger partial charge in [0, 0.05) is 44.6 Å². The summed E-state index contributed by atoms with van der Waals surface area (Å²) >= 11 is 0. The molecule has 0 saturated carbocycles. The van der Waals surface area contributed by atoms with Gasteiger partial charge in [0.05, 0.1) is 24.9 Å². The average molecular weight is 402 g/mol. The van der Waals surface area contributed by atoms with Gasteiger partial charge in [-0.25, -0.2) is 0 Å². The van der Waals surface area contributed by atoms with E-state index in [1.165, 1.54) is 12.0 Å². The first kappa shape index (κ1) is 20.8. The molecule has 4 rings (SSSR count). The number of hydrogen-bond donors (Lipinski definition) is 1. The molecule has 1 amide bonds. The van der Waals surface area contributed by atoms with E-state index in [-0.39, 0.29) is 11.5 Å². The minimum atomic E-state index is 0.0342. The summed E-state index contributed by atoms with van der Waals surface area (Å²) in [7, 11) is 3.85. The third-order valence-electron chi connectivity index (χ3n) is 6.72. The first-order chi connectivity index (χ1) is 14.1. The fourth-order valence-corrected chi connectivity index (χ4v) is 5.46. The molecule has 1 N–H and O–H groups in total. The van der Waals surface area contributed by atoms with Gasteiger partial charge < -0.3 is 19.7 Å². The minimum absolute atomic E-state index is 0.0342. The van der Waals surface area contributed by atoms with E-state index in [0.29, 0.717) is 31.1 Å². The molecule has 3 aliphatic rings. The van der Waals surface area contributed by atoms with Gasteiger partial charge in [-0.3, -0.25) is 9.69 Å². The third-order valence-corrected chi connectivity index (χ3v) is 6.72. The smallest absolute Gasteiger partial charge is 0.234 e. The monoisotopic (exact) mass is 401 g/mol. The first-order valence-electron chi connectivity index (χ1n) is 11.0. The highest BCUT2D eigenvalue weighted by Crippen LogP contribution is 2.54. The maximum atomic E-state index is 12.1. The Bertz CT molecular complexity index is 683. The van der Waals surface area contributed by atoms with Gasteiger partial charge in [0.2, 0.25) is 5.91 Å². The van der Waals surface area contributed by atoms with Crippen LogP contribution in [-0.2, 0) is 20.9 Å². The SMILES string of the molecule is CN(C)CC(=O)NC[C@H]1[C@H]2CN(CCCOCc3ccccc3)C[C@]23CC[C@H]1O3. The van der Waals surface area contributed by atoms with Crippen LogP contribution in [-0.4, -0.2) is 80.8 Å². The van der Waals surface area contributed by atoms with Crippen molar-refractivity contribution < 1.29 is 14.3 Å². The van der Waals surface area contributed by atoms with E-state index in [2.05, 4.69) is 34.5 Å². The Morgan fingerprint density at radius 1 is 1.34 bits per heavy atom. The molecule has 3 saturated heterocycles. The molecule has 0 radical (unpaired) electrons. The summed E-state index contributed by atoms with van der Waals surface area (Å²) in [5, 5.41) is 3.14. The number of nitrogens with one attached hydrogen (secondary N) is 1. The summed E-state index contributed by atoms with van der Waals surface area (Å²) in [6.45, 7) is 5.85. The first-order valence-corrected chi connectivity index (χ1v) is 11.0.